The second kappa shape index (κ2) is 9.61. The fourth-order valence-electron chi connectivity index (χ4n) is 5.08. The van der Waals surface area contributed by atoms with Crippen molar-refractivity contribution in [2.75, 3.05) is 30.4 Å². The third-order valence-corrected chi connectivity index (χ3v) is 6.98. The standard InChI is InChI=1S/C28H31F3N6/c1-17-14-21(19(3)33-23-11-7-6-10-20(23)18(2)32-4)25-22(15-17)26-34-24(28(29,30)31)16-37(26)27(35-25)36-12-8-5-9-13-36/h6-7,10-11,14-16,19,32-33H,2,5,8-9,12-13H2,1,3-4H3. The molecule has 1 aliphatic heterocycles. The van der Waals surface area contributed by atoms with E-state index in [1.807, 2.05) is 57.3 Å². The average molecular weight is 509 g/mol. The lowest BCUT2D eigenvalue weighted by Gasteiger charge is -2.29. The molecule has 2 N–H and O–H groups in total. The highest BCUT2D eigenvalue weighted by molar-refractivity contribution is 5.96. The molecule has 5 rings (SSSR count). The Morgan fingerprint density at radius 1 is 1.08 bits per heavy atom. The zero-order valence-electron chi connectivity index (χ0n) is 21.3. The van der Waals surface area contributed by atoms with Gasteiger partial charge in [0, 0.05) is 54.2 Å². The van der Waals surface area contributed by atoms with Crippen LogP contribution in [0.25, 0.3) is 22.2 Å². The smallest absolute Gasteiger partial charge is 0.388 e. The van der Waals surface area contributed by atoms with E-state index in [-0.39, 0.29) is 11.7 Å². The number of nitrogens with zero attached hydrogens (tertiary/aromatic N) is 4. The van der Waals surface area contributed by atoms with Crippen LogP contribution in [-0.4, -0.2) is 34.5 Å². The minimum absolute atomic E-state index is 0.186. The molecule has 2 aromatic carbocycles. The van der Waals surface area contributed by atoms with Crippen LogP contribution >= 0.6 is 0 Å². The first-order chi connectivity index (χ1) is 17.7. The van der Waals surface area contributed by atoms with Crippen LogP contribution in [0.15, 0.2) is 49.2 Å². The normalized spacial score (nSPS) is 15.2. The number of aryl methyl sites for hydroxylation is 1. The van der Waals surface area contributed by atoms with Crippen molar-refractivity contribution in [1.82, 2.24) is 19.7 Å². The van der Waals surface area contributed by atoms with E-state index in [0.717, 1.165) is 66.6 Å². The number of piperidine rings is 1. The van der Waals surface area contributed by atoms with E-state index in [1.165, 1.54) is 4.40 Å². The van der Waals surface area contributed by atoms with Crippen molar-refractivity contribution in [3.05, 3.63) is 71.6 Å². The topological polar surface area (TPSA) is 57.5 Å². The van der Waals surface area contributed by atoms with Gasteiger partial charge in [0.1, 0.15) is 5.65 Å². The van der Waals surface area contributed by atoms with Crippen molar-refractivity contribution in [2.45, 2.75) is 45.3 Å². The Bertz CT molecular complexity index is 1470. The molecule has 1 fully saturated rings. The number of fused-ring (bicyclic) bond motifs is 3. The Morgan fingerprint density at radius 2 is 1.81 bits per heavy atom. The molecule has 0 amide bonds. The quantitative estimate of drug-likeness (QED) is 0.309. The summed E-state index contributed by atoms with van der Waals surface area (Å²) in [6.07, 6.45) is -0.402. The molecule has 1 aliphatic rings. The van der Waals surface area contributed by atoms with Gasteiger partial charge in [-0.2, -0.15) is 13.2 Å². The molecule has 0 spiro atoms. The third-order valence-electron chi connectivity index (χ3n) is 6.98. The van der Waals surface area contributed by atoms with Crippen molar-refractivity contribution >= 4 is 33.9 Å². The molecule has 3 heterocycles. The Kier molecular flexibility index (Phi) is 6.47. The van der Waals surface area contributed by atoms with Gasteiger partial charge >= 0.3 is 6.18 Å². The van der Waals surface area contributed by atoms with E-state index in [1.54, 1.807) is 0 Å². The van der Waals surface area contributed by atoms with Crippen molar-refractivity contribution in [1.29, 1.82) is 0 Å². The molecule has 1 saturated heterocycles. The molecular formula is C28H31F3N6. The maximum absolute atomic E-state index is 13.7. The lowest BCUT2D eigenvalue weighted by molar-refractivity contribution is -0.140. The molecule has 0 bridgehead atoms. The number of hydrogen-bond donors (Lipinski definition) is 2. The van der Waals surface area contributed by atoms with Crippen LogP contribution in [0.4, 0.5) is 24.8 Å². The highest BCUT2D eigenvalue weighted by Gasteiger charge is 2.35. The summed E-state index contributed by atoms with van der Waals surface area (Å²) in [6.45, 7) is 9.57. The van der Waals surface area contributed by atoms with Crippen molar-refractivity contribution in [2.24, 2.45) is 0 Å². The van der Waals surface area contributed by atoms with E-state index in [0.29, 0.717) is 16.9 Å². The third kappa shape index (κ3) is 4.70. The van der Waals surface area contributed by atoms with Crippen LogP contribution in [0.5, 0.6) is 0 Å². The average Bonchev–Trinajstić information content (AvgIpc) is 3.35. The van der Waals surface area contributed by atoms with Crippen molar-refractivity contribution in [3.8, 4) is 0 Å². The first-order valence-corrected chi connectivity index (χ1v) is 12.6. The highest BCUT2D eigenvalue weighted by Crippen LogP contribution is 2.36. The molecule has 4 aromatic rings. The predicted molar refractivity (Wildman–Crippen MR) is 143 cm³/mol. The van der Waals surface area contributed by atoms with Crippen LogP contribution in [0, 0.1) is 6.92 Å². The maximum Gasteiger partial charge on any atom is 0.434 e. The molecule has 194 valence electrons. The van der Waals surface area contributed by atoms with Gasteiger partial charge in [0.25, 0.3) is 0 Å². The number of rotatable bonds is 6. The number of anilines is 2. The Morgan fingerprint density at radius 3 is 2.51 bits per heavy atom. The first kappa shape index (κ1) is 24.9. The predicted octanol–water partition coefficient (Wildman–Crippen LogP) is 6.56. The summed E-state index contributed by atoms with van der Waals surface area (Å²) in [6, 6.07) is 11.6. The SMILES string of the molecule is C=C(NC)c1ccccc1NC(C)c1cc(C)cc2c1nc(N1CCCCC1)n1cc(C(F)(F)F)nc21. The molecule has 37 heavy (non-hydrogen) atoms. The van der Waals surface area contributed by atoms with Gasteiger partial charge in [-0.25, -0.2) is 9.97 Å². The van der Waals surface area contributed by atoms with Crippen LogP contribution in [0.1, 0.15) is 54.6 Å². The molecule has 1 atom stereocenters. The number of alkyl halides is 3. The zero-order chi connectivity index (χ0) is 26.3. The summed E-state index contributed by atoms with van der Waals surface area (Å²) in [5.41, 5.74) is 4.49. The van der Waals surface area contributed by atoms with E-state index in [2.05, 4.69) is 27.1 Å². The van der Waals surface area contributed by atoms with Gasteiger partial charge < -0.3 is 15.5 Å². The summed E-state index contributed by atoms with van der Waals surface area (Å²) in [4.78, 5) is 11.2. The molecule has 6 nitrogen and oxygen atoms in total. The van der Waals surface area contributed by atoms with Gasteiger partial charge in [0.05, 0.1) is 11.6 Å². The number of halogens is 3. The lowest BCUT2D eigenvalue weighted by atomic mass is 10.00. The van der Waals surface area contributed by atoms with Crippen LogP contribution in [-0.2, 0) is 6.18 Å². The molecule has 9 heteroatoms. The van der Waals surface area contributed by atoms with Crippen LogP contribution < -0.4 is 15.5 Å². The van der Waals surface area contributed by atoms with Crippen molar-refractivity contribution in [3.63, 3.8) is 0 Å². The second-order valence-electron chi connectivity index (χ2n) is 9.67. The largest absolute Gasteiger partial charge is 0.434 e. The zero-order valence-corrected chi connectivity index (χ0v) is 21.3. The Hall–Kier alpha value is -3.75. The van der Waals surface area contributed by atoms with Gasteiger partial charge in [-0.3, -0.25) is 4.40 Å². The fraction of sp³-hybridized carbons (Fsp3) is 0.357. The minimum atomic E-state index is -4.54. The van der Waals surface area contributed by atoms with Crippen LogP contribution in [0.2, 0.25) is 0 Å². The number of para-hydroxylation sites is 1. The van der Waals surface area contributed by atoms with Crippen LogP contribution in [0.3, 0.4) is 0 Å². The fourth-order valence-corrected chi connectivity index (χ4v) is 5.08. The molecule has 0 saturated carbocycles. The molecule has 2 aromatic heterocycles. The van der Waals surface area contributed by atoms with E-state index in [9.17, 15) is 13.2 Å². The summed E-state index contributed by atoms with van der Waals surface area (Å²) >= 11 is 0. The number of benzene rings is 2. The van der Waals surface area contributed by atoms with Gasteiger partial charge in [-0.05, 0) is 50.8 Å². The lowest BCUT2D eigenvalue weighted by Crippen LogP contribution is -2.32. The maximum atomic E-state index is 13.7. The monoisotopic (exact) mass is 508 g/mol. The molecule has 1 unspecified atom stereocenters. The van der Waals surface area contributed by atoms with Gasteiger partial charge in [-0.1, -0.05) is 30.8 Å². The second-order valence-corrected chi connectivity index (χ2v) is 9.67. The minimum Gasteiger partial charge on any atom is -0.388 e. The number of hydrogen-bond acceptors (Lipinski definition) is 5. The van der Waals surface area contributed by atoms with Gasteiger partial charge in [0.2, 0.25) is 5.95 Å². The number of aromatic nitrogens is 3. The van der Waals surface area contributed by atoms with E-state index >= 15 is 0 Å². The summed E-state index contributed by atoms with van der Waals surface area (Å²) in [5, 5.41) is 7.28. The molecule has 0 aliphatic carbocycles. The summed E-state index contributed by atoms with van der Waals surface area (Å²) in [7, 11) is 1.83. The Labute approximate surface area is 214 Å². The van der Waals surface area contributed by atoms with E-state index in [4.69, 9.17) is 4.98 Å². The summed E-state index contributed by atoms with van der Waals surface area (Å²) < 4.78 is 42.7. The van der Waals surface area contributed by atoms with E-state index < -0.39 is 11.9 Å². The summed E-state index contributed by atoms with van der Waals surface area (Å²) in [5.74, 6) is 0.506. The molecule has 0 radical (unpaired) electrons. The van der Waals surface area contributed by atoms with Crippen molar-refractivity contribution < 1.29 is 13.2 Å². The Balaban J connectivity index is 1.70. The first-order valence-electron chi connectivity index (χ1n) is 12.6. The number of imidazole rings is 1. The van der Waals surface area contributed by atoms with Gasteiger partial charge in [0.15, 0.2) is 5.69 Å². The number of nitrogens with one attached hydrogen (secondary N) is 2. The highest BCUT2D eigenvalue weighted by atomic mass is 19.4. The molecular weight excluding hydrogens is 477 g/mol. The van der Waals surface area contributed by atoms with Gasteiger partial charge in [-0.15, -0.1) is 0 Å².